The van der Waals surface area contributed by atoms with Crippen LogP contribution in [0.1, 0.15) is 48.6 Å². The Labute approximate surface area is 212 Å². The van der Waals surface area contributed by atoms with E-state index in [-0.39, 0.29) is 23.0 Å². The lowest BCUT2D eigenvalue weighted by atomic mass is 9.70. The normalized spacial score (nSPS) is 15.5. The topological polar surface area (TPSA) is 62.2 Å². The Hall–Kier alpha value is -3.76. The molecule has 4 nitrogen and oxygen atoms in total. The van der Waals surface area contributed by atoms with Gasteiger partial charge >= 0.3 is 0 Å². The number of hydrogen-bond donors (Lipinski definition) is 2. The third-order valence-electron chi connectivity index (χ3n) is 7.49. The molecule has 2 N–H and O–H groups in total. The summed E-state index contributed by atoms with van der Waals surface area (Å²) in [4.78, 5) is 0. The summed E-state index contributed by atoms with van der Waals surface area (Å²) >= 11 is 0. The van der Waals surface area contributed by atoms with Gasteiger partial charge in [-0.3, -0.25) is 0 Å². The highest BCUT2D eigenvalue weighted by atomic mass is 16.6. The minimum atomic E-state index is -0.464. The van der Waals surface area contributed by atoms with Gasteiger partial charge in [-0.1, -0.05) is 74.5 Å². The number of ether oxygens (including phenoxy) is 2. The van der Waals surface area contributed by atoms with Crippen molar-refractivity contribution in [2.45, 2.75) is 37.7 Å². The van der Waals surface area contributed by atoms with E-state index in [0.29, 0.717) is 6.61 Å². The Bertz CT molecular complexity index is 1260. The van der Waals surface area contributed by atoms with Crippen molar-refractivity contribution in [3.63, 3.8) is 0 Å². The Morgan fingerprint density at radius 2 is 1.00 bits per heavy atom. The van der Waals surface area contributed by atoms with Crippen LogP contribution in [0.4, 0.5) is 0 Å². The number of hydrogen-bond acceptors (Lipinski definition) is 4. The van der Waals surface area contributed by atoms with Crippen LogP contribution in [0.2, 0.25) is 0 Å². The van der Waals surface area contributed by atoms with Gasteiger partial charge in [0.25, 0.3) is 0 Å². The van der Waals surface area contributed by atoms with Gasteiger partial charge in [0.2, 0.25) is 0 Å². The molecule has 4 aromatic carbocycles. The van der Waals surface area contributed by atoms with Crippen molar-refractivity contribution < 1.29 is 19.7 Å². The molecule has 1 fully saturated rings. The number of phenolic OH excluding ortho intramolecular Hbond substituents is 2. The molecule has 1 heterocycles. The second-order valence-corrected chi connectivity index (χ2v) is 10.2. The molecule has 0 aliphatic carbocycles. The molecule has 0 amide bonds. The fourth-order valence-electron chi connectivity index (χ4n) is 4.80. The van der Waals surface area contributed by atoms with Crippen molar-refractivity contribution in [3.05, 3.63) is 125 Å². The van der Waals surface area contributed by atoms with Crippen molar-refractivity contribution in [1.82, 2.24) is 0 Å². The van der Waals surface area contributed by atoms with Crippen LogP contribution in [0, 0.1) is 0 Å². The molecular weight excluding hydrogens is 448 g/mol. The second kappa shape index (κ2) is 9.36. The van der Waals surface area contributed by atoms with Crippen molar-refractivity contribution in [2.24, 2.45) is 0 Å². The van der Waals surface area contributed by atoms with Gasteiger partial charge in [0, 0.05) is 10.8 Å². The Morgan fingerprint density at radius 1 is 0.639 bits per heavy atom. The Kier molecular flexibility index (Phi) is 6.23. The van der Waals surface area contributed by atoms with E-state index in [2.05, 4.69) is 57.2 Å². The first-order valence-electron chi connectivity index (χ1n) is 12.3. The molecule has 36 heavy (non-hydrogen) atoms. The monoisotopic (exact) mass is 480 g/mol. The molecular formula is C32H32O4. The maximum Gasteiger partial charge on any atom is 0.119 e. The summed E-state index contributed by atoms with van der Waals surface area (Å²) < 4.78 is 11.0. The smallest absolute Gasteiger partial charge is 0.119 e. The molecule has 1 aliphatic rings. The number of phenols is 2. The minimum absolute atomic E-state index is 0.190. The van der Waals surface area contributed by atoms with Crippen LogP contribution >= 0.6 is 0 Å². The molecule has 1 saturated heterocycles. The predicted octanol–water partition coefficient (Wildman–Crippen LogP) is 6.56. The standard InChI is InChI=1S/C32H32O4/c1-31(2,23-12-18-29(19-13-23)35-20-30-21-36-30)22-4-6-24(7-5-22)32(3,25-8-14-27(33)15-9-25)26-10-16-28(34)17-11-26/h4-19,30,33-34H,20-21H2,1-3H3. The second-order valence-electron chi connectivity index (χ2n) is 10.2. The van der Waals surface area contributed by atoms with E-state index in [1.807, 2.05) is 36.4 Å². The largest absolute Gasteiger partial charge is 0.508 e. The first kappa shape index (κ1) is 24.0. The highest BCUT2D eigenvalue weighted by molar-refractivity contribution is 5.52. The fourth-order valence-corrected chi connectivity index (χ4v) is 4.80. The molecule has 0 aromatic heterocycles. The maximum atomic E-state index is 9.86. The summed E-state index contributed by atoms with van der Waals surface area (Å²) in [5, 5.41) is 19.7. The van der Waals surface area contributed by atoms with Gasteiger partial charge in [0.1, 0.15) is 30.0 Å². The molecule has 4 aromatic rings. The van der Waals surface area contributed by atoms with Gasteiger partial charge in [-0.2, -0.15) is 0 Å². The quantitative estimate of drug-likeness (QED) is 0.222. The zero-order valence-corrected chi connectivity index (χ0v) is 20.9. The van der Waals surface area contributed by atoms with Crippen LogP contribution in [0.3, 0.4) is 0 Å². The number of benzene rings is 4. The highest BCUT2D eigenvalue weighted by Crippen LogP contribution is 2.41. The average molecular weight is 481 g/mol. The zero-order valence-electron chi connectivity index (χ0n) is 20.9. The Morgan fingerprint density at radius 3 is 1.42 bits per heavy atom. The average Bonchev–Trinajstić information content (AvgIpc) is 3.73. The zero-order chi connectivity index (χ0) is 25.3. The van der Waals surface area contributed by atoms with E-state index in [9.17, 15) is 10.2 Å². The van der Waals surface area contributed by atoms with Crippen LogP contribution in [0.5, 0.6) is 17.2 Å². The van der Waals surface area contributed by atoms with Gasteiger partial charge in [0.05, 0.1) is 6.61 Å². The third-order valence-corrected chi connectivity index (χ3v) is 7.49. The van der Waals surface area contributed by atoms with Crippen molar-refractivity contribution in [3.8, 4) is 17.2 Å². The number of epoxide rings is 1. The van der Waals surface area contributed by atoms with E-state index >= 15 is 0 Å². The van der Waals surface area contributed by atoms with Crippen molar-refractivity contribution >= 4 is 0 Å². The SMILES string of the molecule is CC(C)(c1ccc(OCC2CO2)cc1)c1ccc(C(C)(c2ccc(O)cc2)c2ccc(O)cc2)cc1. The van der Waals surface area contributed by atoms with E-state index in [1.54, 1.807) is 24.3 Å². The molecule has 0 radical (unpaired) electrons. The van der Waals surface area contributed by atoms with Crippen LogP contribution in [0.15, 0.2) is 97.1 Å². The fraction of sp³-hybridized carbons (Fsp3) is 0.250. The summed E-state index contributed by atoms with van der Waals surface area (Å²) in [5.74, 6) is 1.33. The van der Waals surface area contributed by atoms with Crippen LogP contribution in [0.25, 0.3) is 0 Å². The van der Waals surface area contributed by atoms with Crippen LogP contribution in [-0.2, 0) is 15.6 Å². The highest BCUT2D eigenvalue weighted by Gasteiger charge is 2.32. The number of aromatic hydroxyl groups is 2. The first-order chi connectivity index (χ1) is 17.3. The summed E-state index contributed by atoms with van der Waals surface area (Å²) in [7, 11) is 0. The van der Waals surface area contributed by atoms with Crippen LogP contribution in [-0.4, -0.2) is 29.5 Å². The van der Waals surface area contributed by atoms with Gasteiger partial charge in [-0.15, -0.1) is 0 Å². The lowest BCUT2D eigenvalue weighted by Gasteiger charge is -2.33. The van der Waals surface area contributed by atoms with Gasteiger partial charge in [0.15, 0.2) is 0 Å². The molecule has 0 spiro atoms. The molecule has 1 unspecified atom stereocenters. The summed E-state index contributed by atoms with van der Waals surface area (Å²) in [6, 6.07) is 31.8. The summed E-state index contributed by atoms with van der Waals surface area (Å²) in [5.41, 5.74) is 5.02. The van der Waals surface area contributed by atoms with Crippen molar-refractivity contribution in [1.29, 1.82) is 0 Å². The van der Waals surface area contributed by atoms with Gasteiger partial charge in [-0.05, 0) is 71.1 Å². The van der Waals surface area contributed by atoms with E-state index in [4.69, 9.17) is 9.47 Å². The van der Waals surface area contributed by atoms with E-state index < -0.39 is 5.41 Å². The molecule has 184 valence electrons. The maximum absolute atomic E-state index is 9.86. The van der Waals surface area contributed by atoms with Crippen LogP contribution < -0.4 is 4.74 Å². The third kappa shape index (κ3) is 4.69. The van der Waals surface area contributed by atoms with E-state index in [0.717, 1.165) is 29.0 Å². The predicted molar refractivity (Wildman–Crippen MR) is 142 cm³/mol. The first-order valence-corrected chi connectivity index (χ1v) is 12.3. The van der Waals surface area contributed by atoms with Gasteiger partial charge < -0.3 is 19.7 Å². The molecule has 5 rings (SSSR count). The molecule has 1 aliphatic heterocycles. The lowest BCUT2D eigenvalue weighted by Crippen LogP contribution is -2.26. The summed E-state index contributed by atoms with van der Waals surface area (Å²) in [6.07, 6.45) is 0.244. The Balaban J connectivity index is 1.46. The molecule has 0 bridgehead atoms. The van der Waals surface area contributed by atoms with Gasteiger partial charge in [-0.25, -0.2) is 0 Å². The van der Waals surface area contributed by atoms with E-state index in [1.165, 1.54) is 11.1 Å². The summed E-state index contributed by atoms with van der Waals surface area (Å²) in [6.45, 7) is 8.03. The lowest BCUT2D eigenvalue weighted by molar-refractivity contribution is 0.263. The molecule has 1 atom stereocenters. The minimum Gasteiger partial charge on any atom is -0.508 e. The molecule has 0 saturated carbocycles. The number of rotatable bonds is 8. The van der Waals surface area contributed by atoms with Crippen molar-refractivity contribution in [2.75, 3.05) is 13.2 Å². The molecule has 4 heteroatoms.